The molecule has 0 unspecified atom stereocenters. The van der Waals surface area contributed by atoms with E-state index in [-0.39, 0.29) is 30.4 Å². The van der Waals surface area contributed by atoms with E-state index < -0.39 is 0 Å². The number of unbranched alkanes of at least 4 members (excludes halogenated alkanes) is 14. The summed E-state index contributed by atoms with van der Waals surface area (Å²) in [5.41, 5.74) is 6.59. The Kier molecular flexibility index (Phi) is 20.5. The van der Waals surface area contributed by atoms with Crippen molar-refractivity contribution in [1.29, 1.82) is 0 Å². The SMILES string of the molecule is CCCCCCCCCCCCCCCCCc1nc2ccccc2c(=O)n1CCCN.Cl.Cl. The minimum atomic E-state index is 0. The number of nitrogens with zero attached hydrogens (tertiary/aromatic N) is 2. The molecule has 0 aliphatic heterocycles. The summed E-state index contributed by atoms with van der Waals surface area (Å²) in [7, 11) is 0. The summed E-state index contributed by atoms with van der Waals surface area (Å²) in [6.07, 6.45) is 22.1. The number of aryl methyl sites for hydroxylation is 1. The fraction of sp³-hybridized carbons (Fsp3) is 0.714. The van der Waals surface area contributed by atoms with Gasteiger partial charge in [-0.15, -0.1) is 24.8 Å². The van der Waals surface area contributed by atoms with Crippen LogP contribution in [0.1, 0.15) is 115 Å². The normalized spacial score (nSPS) is 10.8. The number of fused-ring (bicyclic) bond motifs is 1. The van der Waals surface area contributed by atoms with E-state index in [1.54, 1.807) is 0 Å². The second-order valence-electron chi connectivity index (χ2n) is 9.34. The van der Waals surface area contributed by atoms with Crippen molar-refractivity contribution in [3.8, 4) is 0 Å². The third-order valence-electron chi connectivity index (χ3n) is 6.53. The van der Waals surface area contributed by atoms with Crippen LogP contribution in [0.3, 0.4) is 0 Å². The summed E-state index contributed by atoms with van der Waals surface area (Å²) in [5, 5.41) is 0.713. The molecule has 1 aromatic heterocycles. The molecule has 0 saturated carbocycles. The quantitative estimate of drug-likeness (QED) is 0.193. The molecule has 1 aromatic carbocycles. The summed E-state index contributed by atoms with van der Waals surface area (Å²) in [4.78, 5) is 17.7. The van der Waals surface area contributed by atoms with Gasteiger partial charge >= 0.3 is 0 Å². The number of aromatic nitrogens is 2. The van der Waals surface area contributed by atoms with E-state index in [1.165, 1.54) is 89.9 Å². The fourth-order valence-electron chi connectivity index (χ4n) is 4.54. The van der Waals surface area contributed by atoms with Crippen molar-refractivity contribution in [2.75, 3.05) is 6.54 Å². The molecule has 6 heteroatoms. The standard InChI is InChI=1S/C28H47N3O.2ClH/c1-2-3-4-5-6-7-8-9-10-11-12-13-14-15-16-22-27-30-26-21-18-17-20-25(26)28(32)31(27)24-19-23-29;;/h17-18,20-21H,2-16,19,22-24,29H2,1H3;2*1H. The maximum absolute atomic E-state index is 12.9. The lowest BCUT2D eigenvalue weighted by Gasteiger charge is -2.13. The first-order valence-electron chi connectivity index (χ1n) is 13.5. The van der Waals surface area contributed by atoms with E-state index in [9.17, 15) is 4.79 Å². The van der Waals surface area contributed by atoms with E-state index in [4.69, 9.17) is 10.7 Å². The highest BCUT2D eigenvalue weighted by Crippen LogP contribution is 2.15. The average molecular weight is 515 g/mol. The van der Waals surface area contributed by atoms with Gasteiger partial charge in [-0.1, -0.05) is 109 Å². The van der Waals surface area contributed by atoms with E-state index in [0.717, 1.165) is 30.6 Å². The van der Waals surface area contributed by atoms with Crippen molar-refractivity contribution in [1.82, 2.24) is 9.55 Å². The largest absolute Gasteiger partial charge is 0.330 e. The molecule has 0 atom stereocenters. The number of benzene rings is 1. The van der Waals surface area contributed by atoms with Crippen LogP contribution in [0.2, 0.25) is 0 Å². The average Bonchev–Trinajstić information content (AvgIpc) is 2.81. The van der Waals surface area contributed by atoms with Crippen LogP contribution in [-0.4, -0.2) is 16.1 Å². The predicted molar refractivity (Wildman–Crippen MR) is 153 cm³/mol. The highest BCUT2D eigenvalue weighted by molar-refractivity contribution is 5.85. The highest BCUT2D eigenvalue weighted by Gasteiger charge is 2.10. The Labute approximate surface area is 220 Å². The number of hydrogen-bond acceptors (Lipinski definition) is 3. The van der Waals surface area contributed by atoms with Crippen molar-refractivity contribution >= 4 is 35.7 Å². The van der Waals surface area contributed by atoms with Crippen LogP contribution in [0.25, 0.3) is 10.9 Å². The van der Waals surface area contributed by atoms with Gasteiger partial charge in [0.15, 0.2) is 0 Å². The van der Waals surface area contributed by atoms with Gasteiger partial charge in [-0.05, 0) is 31.5 Å². The molecule has 34 heavy (non-hydrogen) atoms. The molecule has 0 bridgehead atoms. The zero-order chi connectivity index (χ0) is 22.9. The number of hydrogen-bond donors (Lipinski definition) is 1. The van der Waals surface area contributed by atoms with Crippen molar-refractivity contribution in [3.63, 3.8) is 0 Å². The molecule has 0 spiro atoms. The number of nitrogens with two attached hydrogens (primary N) is 1. The van der Waals surface area contributed by atoms with Crippen LogP contribution in [0.4, 0.5) is 0 Å². The first-order valence-corrected chi connectivity index (χ1v) is 13.5. The maximum atomic E-state index is 12.9. The first-order chi connectivity index (χ1) is 15.8. The van der Waals surface area contributed by atoms with Crippen LogP contribution >= 0.6 is 24.8 Å². The second kappa shape index (κ2) is 21.2. The molecule has 2 rings (SSSR count). The van der Waals surface area contributed by atoms with Gasteiger partial charge in [-0.2, -0.15) is 0 Å². The van der Waals surface area contributed by atoms with E-state index in [1.807, 2.05) is 28.8 Å². The monoisotopic (exact) mass is 513 g/mol. The molecular weight excluding hydrogens is 465 g/mol. The van der Waals surface area contributed by atoms with Crippen LogP contribution in [0, 0.1) is 0 Å². The molecule has 0 radical (unpaired) electrons. The molecule has 0 aliphatic carbocycles. The topological polar surface area (TPSA) is 60.9 Å². The summed E-state index contributed by atoms with van der Waals surface area (Å²) in [6, 6.07) is 7.68. The summed E-state index contributed by atoms with van der Waals surface area (Å²) in [5.74, 6) is 0.928. The van der Waals surface area contributed by atoms with Gasteiger partial charge in [-0.25, -0.2) is 4.98 Å². The summed E-state index contributed by atoms with van der Waals surface area (Å²) >= 11 is 0. The smallest absolute Gasteiger partial charge is 0.261 e. The van der Waals surface area contributed by atoms with Crippen molar-refractivity contribution in [2.45, 2.75) is 123 Å². The summed E-state index contributed by atoms with van der Waals surface area (Å²) in [6.45, 7) is 3.55. The lowest BCUT2D eigenvalue weighted by atomic mass is 10.0. The lowest BCUT2D eigenvalue weighted by molar-refractivity contribution is 0.526. The van der Waals surface area contributed by atoms with Gasteiger partial charge < -0.3 is 5.73 Å². The Hall–Kier alpha value is -1.10. The number of halogens is 2. The minimum absolute atomic E-state index is 0. The third kappa shape index (κ3) is 12.6. The van der Waals surface area contributed by atoms with Crippen LogP contribution < -0.4 is 11.3 Å². The highest BCUT2D eigenvalue weighted by atomic mass is 35.5. The first kappa shape index (κ1) is 32.9. The van der Waals surface area contributed by atoms with Crippen molar-refractivity contribution in [2.24, 2.45) is 5.73 Å². The Morgan fingerprint density at radius 2 is 1.24 bits per heavy atom. The molecule has 196 valence electrons. The Balaban J connectivity index is 0.00000544. The predicted octanol–water partition coefficient (Wildman–Crippen LogP) is 8.00. The minimum Gasteiger partial charge on any atom is -0.330 e. The van der Waals surface area contributed by atoms with E-state index in [0.29, 0.717) is 18.5 Å². The van der Waals surface area contributed by atoms with Crippen LogP contribution in [-0.2, 0) is 13.0 Å². The van der Waals surface area contributed by atoms with Crippen molar-refractivity contribution < 1.29 is 0 Å². The third-order valence-corrected chi connectivity index (χ3v) is 6.53. The molecule has 0 fully saturated rings. The van der Waals surface area contributed by atoms with Gasteiger partial charge in [0.2, 0.25) is 0 Å². The second-order valence-corrected chi connectivity index (χ2v) is 9.34. The van der Waals surface area contributed by atoms with E-state index in [2.05, 4.69) is 6.92 Å². The molecule has 4 nitrogen and oxygen atoms in total. The Morgan fingerprint density at radius 3 is 1.76 bits per heavy atom. The van der Waals surface area contributed by atoms with Crippen LogP contribution in [0.15, 0.2) is 29.1 Å². The molecule has 0 amide bonds. The van der Waals surface area contributed by atoms with Crippen LogP contribution in [0.5, 0.6) is 0 Å². The van der Waals surface area contributed by atoms with Gasteiger partial charge in [0.1, 0.15) is 5.82 Å². The molecule has 0 aliphatic rings. The maximum Gasteiger partial charge on any atom is 0.261 e. The molecular formula is C28H49Cl2N3O. The fourth-order valence-corrected chi connectivity index (χ4v) is 4.54. The van der Waals surface area contributed by atoms with Crippen molar-refractivity contribution in [3.05, 3.63) is 40.4 Å². The molecule has 1 heterocycles. The van der Waals surface area contributed by atoms with Gasteiger partial charge in [0.25, 0.3) is 5.56 Å². The van der Waals surface area contributed by atoms with Gasteiger partial charge in [-0.3, -0.25) is 9.36 Å². The molecule has 2 N–H and O–H groups in total. The Bertz CT molecular complexity index is 810. The lowest BCUT2D eigenvalue weighted by Crippen LogP contribution is -2.26. The zero-order valence-corrected chi connectivity index (χ0v) is 23.1. The summed E-state index contributed by atoms with van der Waals surface area (Å²) < 4.78 is 1.86. The van der Waals surface area contributed by atoms with Gasteiger partial charge in [0, 0.05) is 13.0 Å². The van der Waals surface area contributed by atoms with E-state index >= 15 is 0 Å². The molecule has 0 saturated heterocycles. The Morgan fingerprint density at radius 1 is 0.735 bits per heavy atom. The number of para-hydroxylation sites is 1. The number of rotatable bonds is 19. The van der Waals surface area contributed by atoms with Gasteiger partial charge in [0.05, 0.1) is 10.9 Å². The zero-order valence-electron chi connectivity index (χ0n) is 21.4. The molecule has 2 aromatic rings.